The van der Waals surface area contributed by atoms with Crippen LogP contribution in [0.2, 0.25) is 0 Å². The maximum Gasteiger partial charge on any atom is 0.344 e. The number of hydrogen-bond donors (Lipinski definition) is 1. The second-order valence-electron chi connectivity index (χ2n) is 6.41. The van der Waals surface area contributed by atoms with E-state index in [-0.39, 0.29) is 18.6 Å². The highest BCUT2D eigenvalue weighted by Crippen LogP contribution is 2.23. The summed E-state index contributed by atoms with van der Waals surface area (Å²) in [4.78, 5) is 24.1. The monoisotopic (exact) mass is 344 g/mol. The second-order valence-corrected chi connectivity index (χ2v) is 6.41. The molecule has 0 aliphatic heterocycles. The van der Waals surface area contributed by atoms with E-state index < -0.39 is 12.1 Å². The van der Waals surface area contributed by atoms with Crippen LogP contribution < -0.4 is 10.1 Å². The Hall–Kier alpha value is -2.55. The van der Waals surface area contributed by atoms with Gasteiger partial charge in [-0.2, -0.15) is 5.26 Å². The Bertz CT molecular complexity index is 653. The van der Waals surface area contributed by atoms with E-state index in [0.29, 0.717) is 17.2 Å². The van der Waals surface area contributed by atoms with E-state index in [4.69, 9.17) is 14.7 Å². The molecule has 1 N–H and O–H groups in total. The molecule has 25 heavy (non-hydrogen) atoms. The first-order valence-corrected chi connectivity index (χ1v) is 8.63. The van der Waals surface area contributed by atoms with Crippen molar-refractivity contribution in [3.8, 4) is 11.8 Å². The fourth-order valence-corrected chi connectivity index (χ4v) is 2.94. The van der Waals surface area contributed by atoms with Crippen molar-refractivity contribution in [2.45, 2.75) is 51.7 Å². The van der Waals surface area contributed by atoms with Gasteiger partial charge in [0, 0.05) is 6.04 Å². The summed E-state index contributed by atoms with van der Waals surface area (Å²) in [7, 11) is 0. The minimum Gasteiger partial charge on any atom is -0.481 e. The Morgan fingerprint density at radius 3 is 2.76 bits per heavy atom. The Labute approximate surface area is 148 Å². The molecule has 0 unspecified atom stereocenters. The maximum absolute atomic E-state index is 12.2. The van der Waals surface area contributed by atoms with E-state index in [9.17, 15) is 9.59 Å². The molecule has 0 radical (unpaired) electrons. The van der Waals surface area contributed by atoms with Crippen LogP contribution in [0.4, 0.5) is 0 Å². The molecule has 1 amide bonds. The van der Waals surface area contributed by atoms with Crippen LogP contribution in [0.1, 0.15) is 45.1 Å². The van der Waals surface area contributed by atoms with Gasteiger partial charge in [0.2, 0.25) is 0 Å². The molecule has 0 saturated heterocycles. The normalized spacial score (nSPS) is 20.8. The molecular weight excluding hydrogens is 320 g/mol. The van der Waals surface area contributed by atoms with Gasteiger partial charge in [-0.25, -0.2) is 4.79 Å². The predicted octanol–water partition coefficient (Wildman–Crippen LogP) is 2.56. The lowest BCUT2D eigenvalue weighted by atomic mass is 9.86. The molecule has 0 heterocycles. The van der Waals surface area contributed by atoms with Crippen molar-refractivity contribution < 1.29 is 19.1 Å². The van der Waals surface area contributed by atoms with Crippen LogP contribution in [-0.2, 0) is 14.3 Å². The molecule has 1 aliphatic carbocycles. The van der Waals surface area contributed by atoms with Gasteiger partial charge in [0.25, 0.3) is 5.91 Å². The summed E-state index contributed by atoms with van der Waals surface area (Å²) in [5, 5.41) is 11.9. The van der Waals surface area contributed by atoms with Gasteiger partial charge in [0.05, 0.1) is 5.56 Å². The summed E-state index contributed by atoms with van der Waals surface area (Å²) in [6.45, 7) is 3.32. The first-order valence-electron chi connectivity index (χ1n) is 8.63. The van der Waals surface area contributed by atoms with Gasteiger partial charge in [-0.05, 0) is 37.8 Å². The number of nitriles is 1. The van der Waals surface area contributed by atoms with E-state index >= 15 is 0 Å². The average Bonchev–Trinajstić information content (AvgIpc) is 2.62. The highest BCUT2D eigenvalue weighted by atomic mass is 16.6. The quantitative estimate of drug-likeness (QED) is 0.801. The van der Waals surface area contributed by atoms with Gasteiger partial charge >= 0.3 is 5.97 Å². The smallest absolute Gasteiger partial charge is 0.344 e. The summed E-state index contributed by atoms with van der Waals surface area (Å²) < 4.78 is 10.4. The Kier molecular flexibility index (Phi) is 6.81. The van der Waals surface area contributed by atoms with Crippen LogP contribution in [0.15, 0.2) is 24.3 Å². The largest absolute Gasteiger partial charge is 0.481 e. The fourth-order valence-electron chi connectivity index (χ4n) is 2.94. The zero-order chi connectivity index (χ0) is 18.2. The Morgan fingerprint density at radius 1 is 1.32 bits per heavy atom. The van der Waals surface area contributed by atoms with E-state index in [0.717, 1.165) is 19.3 Å². The van der Waals surface area contributed by atoms with Crippen LogP contribution >= 0.6 is 0 Å². The van der Waals surface area contributed by atoms with Crippen LogP contribution in [-0.4, -0.2) is 30.6 Å². The van der Waals surface area contributed by atoms with Crippen molar-refractivity contribution in [1.29, 1.82) is 5.26 Å². The van der Waals surface area contributed by atoms with Gasteiger partial charge in [0.15, 0.2) is 12.7 Å². The molecule has 1 saturated carbocycles. The minimum absolute atomic E-state index is 0.140. The average molecular weight is 344 g/mol. The number of esters is 1. The number of nitrogens with zero attached hydrogens (tertiary/aromatic N) is 1. The number of carbonyl (C=O) groups excluding carboxylic acids is 2. The second kappa shape index (κ2) is 9.07. The predicted molar refractivity (Wildman–Crippen MR) is 91.8 cm³/mol. The third-order valence-corrected chi connectivity index (χ3v) is 4.47. The van der Waals surface area contributed by atoms with Crippen LogP contribution in [0, 0.1) is 17.2 Å². The first-order chi connectivity index (χ1) is 12.0. The minimum atomic E-state index is -0.878. The number of rotatable bonds is 6. The van der Waals surface area contributed by atoms with Crippen LogP contribution in [0.5, 0.6) is 5.75 Å². The number of carbonyl (C=O) groups is 2. The lowest BCUT2D eigenvalue weighted by Crippen LogP contribution is -2.46. The van der Waals surface area contributed by atoms with Gasteiger partial charge in [-0.15, -0.1) is 0 Å². The molecular formula is C19H24N2O4. The van der Waals surface area contributed by atoms with Crippen molar-refractivity contribution in [3.63, 3.8) is 0 Å². The highest BCUT2D eigenvalue weighted by molar-refractivity contribution is 5.84. The standard InChI is InChI=1S/C19H24N2O4/c1-13-7-3-5-9-16(13)21-19(23)14(2)25-18(22)12-24-17-10-6-4-8-15(17)11-20/h4,6,8,10,13-14,16H,3,5,7,9,12H2,1-2H3,(H,21,23)/t13-,14+,16-/m0/s1. The zero-order valence-electron chi connectivity index (χ0n) is 14.7. The molecule has 1 aromatic rings. The molecule has 0 bridgehead atoms. The van der Waals surface area contributed by atoms with Gasteiger partial charge in [-0.3, -0.25) is 4.79 Å². The van der Waals surface area contributed by atoms with Crippen molar-refractivity contribution in [2.24, 2.45) is 5.92 Å². The molecule has 2 rings (SSSR count). The van der Waals surface area contributed by atoms with Crippen molar-refractivity contribution in [3.05, 3.63) is 29.8 Å². The Morgan fingerprint density at radius 2 is 2.04 bits per heavy atom. The van der Waals surface area contributed by atoms with E-state index in [1.807, 2.05) is 6.07 Å². The lowest BCUT2D eigenvalue weighted by Gasteiger charge is -2.30. The molecule has 134 valence electrons. The number of hydrogen-bond acceptors (Lipinski definition) is 5. The molecule has 3 atom stereocenters. The molecule has 0 spiro atoms. The first kappa shape index (κ1) is 18.8. The van der Waals surface area contributed by atoms with Gasteiger partial charge in [-0.1, -0.05) is 31.9 Å². The van der Waals surface area contributed by atoms with Crippen LogP contribution in [0.25, 0.3) is 0 Å². The summed E-state index contributed by atoms with van der Waals surface area (Å²) in [6.07, 6.45) is 3.48. The van der Waals surface area contributed by atoms with Gasteiger partial charge in [0.1, 0.15) is 11.8 Å². The molecule has 1 aromatic carbocycles. The SMILES string of the molecule is C[C@@H](OC(=O)COc1ccccc1C#N)C(=O)N[C@H]1CCCC[C@@H]1C. The lowest BCUT2D eigenvalue weighted by molar-refractivity contribution is -0.157. The molecule has 1 fully saturated rings. The molecule has 0 aromatic heterocycles. The van der Waals surface area contributed by atoms with Gasteiger partial charge < -0.3 is 14.8 Å². The Balaban J connectivity index is 1.79. The summed E-state index contributed by atoms with van der Waals surface area (Å²) in [5.41, 5.74) is 0.340. The third kappa shape index (κ3) is 5.49. The summed E-state index contributed by atoms with van der Waals surface area (Å²) >= 11 is 0. The van der Waals surface area contributed by atoms with Crippen LogP contribution in [0.3, 0.4) is 0 Å². The number of ether oxygens (including phenoxy) is 2. The highest BCUT2D eigenvalue weighted by Gasteiger charge is 2.26. The number of benzene rings is 1. The third-order valence-electron chi connectivity index (χ3n) is 4.47. The maximum atomic E-state index is 12.2. The zero-order valence-corrected chi connectivity index (χ0v) is 14.7. The number of para-hydroxylation sites is 1. The molecule has 6 nitrogen and oxygen atoms in total. The van der Waals surface area contributed by atoms with E-state index in [1.165, 1.54) is 6.42 Å². The van der Waals surface area contributed by atoms with Crippen molar-refractivity contribution in [1.82, 2.24) is 5.32 Å². The molecule has 6 heteroatoms. The number of amides is 1. The topological polar surface area (TPSA) is 88.4 Å². The van der Waals surface area contributed by atoms with E-state index in [2.05, 4.69) is 12.2 Å². The fraction of sp³-hybridized carbons (Fsp3) is 0.526. The number of nitrogens with one attached hydrogen (secondary N) is 1. The summed E-state index contributed by atoms with van der Waals surface area (Å²) in [6, 6.07) is 8.75. The summed E-state index contributed by atoms with van der Waals surface area (Å²) in [5.74, 6) is -0.182. The van der Waals surface area contributed by atoms with E-state index in [1.54, 1.807) is 31.2 Å². The van der Waals surface area contributed by atoms with Crippen molar-refractivity contribution >= 4 is 11.9 Å². The van der Waals surface area contributed by atoms with Crippen molar-refractivity contribution in [2.75, 3.05) is 6.61 Å². The molecule has 1 aliphatic rings.